The summed E-state index contributed by atoms with van der Waals surface area (Å²) in [5.41, 5.74) is 9.57. The molecule has 0 bridgehead atoms. The maximum absolute atomic E-state index is 12.2. The molecule has 0 radical (unpaired) electrons. The molecule has 4 nitrogen and oxygen atoms in total. The number of likely N-dealkylation sites (tertiary alicyclic amines) is 1. The van der Waals surface area contributed by atoms with Crippen LogP contribution in [-0.4, -0.2) is 36.5 Å². The second kappa shape index (κ2) is 7.95. The SMILES string of the molecule is Cl.NCC1CCCCN1CC(=O)Nc1ccc2c(c1)CCC2. The number of amides is 1. The summed E-state index contributed by atoms with van der Waals surface area (Å²) in [7, 11) is 0. The molecule has 22 heavy (non-hydrogen) atoms. The molecule has 3 rings (SSSR count). The molecule has 1 aliphatic carbocycles. The van der Waals surface area contributed by atoms with Crippen LogP contribution in [0, 0.1) is 0 Å². The molecule has 1 aromatic carbocycles. The van der Waals surface area contributed by atoms with Gasteiger partial charge in [0.1, 0.15) is 0 Å². The van der Waals surface area contributed by atoms with Crippen molar-refractivity contribution in [3.63, 3.8) is 0 Å². The van der Waals surface area contributed by atoms with Gasteiger partial charge >= 0.3 is 0 Å². The number of benzene rings is 1. The van der Waals surface area contributed by atoms with E-state index < -0.39 is 0 Å². The number of nitrogens with zero attached hydrogens (tertiary/aromatic N) is 1. The number of aryl methyl sites for hydroxylation is 2. The van der Waals surface area contributed by atoms with Crippen LogP contribution in [-0.2, 0) is 17.6 Å². The number of nitrogens with two attached hydrogens (primary N) is 1. The summed E-state index contributed by atoms with van der Waals surface area (Å²) in [6.45, 7) is 2.09. The van der Waals surface area contributed by atoms with E-state index in [1.165, 1.54) is 36.8 Å². The van der Waals surface area contributed by atoms with E-state index in [1.807, 2.05) is 6.07 Å². The van der Waals surface area contributed by atoms with E-state index in [0.717, 1.165) is 25.1 Å². The molecule has 1 aliphatic heterocycles. The highest BCUT2D eigenvalue weighted by Crippen LogP contribution is 2.25. The molecule has 1 heterocycles. The Hall–Kier alpha value is -1.10. The fourth-order valence-electron chi connectivity index (χ4n) is 3.57. The summed E-state index contributed by atoms with van der Waals surface area (Å²) < 4.78 is 0. The van der Waals surface area contributed by atoms with Crippen molar-refractivity contribution in [3.8, 4) is 0 Å². The Morgan fingerprint density at radius 1 is 1.23 bits per heavy atom. The molecular formula is C17H26ClN3O. The summed E-state index contributed by atoms with van der Waals surface area (Å²) in [5.74, 6) is 0.0771. The number of halogens is 1. The van der Waals surface area contributed by atoms with Crippen LogP contribution >= 0.6 is 12.4 Å². The van der Waals surface area contributed by atoms with Crippen molar-refractivity contribution < 1.29 is 4.79 Å². The number of rotatable bonds is 4. The second-order valence-electron chi connectivity index (χ2n) is 6.24. The quantitative estimate of drug-likeness (QED) is 0.894. The number of carbonyl (C=O) groups excluding carboxylic acids is 1. The number of carbonyl (C=O) groups is 1. The number of nitrogens with one attached hydrogen (secondary N) is 1. The maximum Gasteiger partial charge on any atom is 0.238 e. The van der Waals surface area contributed by atoms with Gasteiger partial charge in [0.25, 0.3) is 0 Å². The Kier molecular flexibility index (Phi) is 6.24. The Morgan fingerprint density at radius 2 is 2.05 bits per heavy atom. The Bertz CT molecular complexity index is 521. The number of piperidine rings is 1. The standard InChI is InChI=1S/C17H25N3O.ClH/c18-11-16-6-1-2-9-20(16)12-17(21)19-15-8-7-13-4-3-5-14(13)10-15;/h7-8,10,16H,1-6,9,11-12,18H2,(H,19,21);1H. The van der Waals surface area contributed by atoms with Gasteiger partial charge in [-0.2, -0.15) is 0 Å². The van der Waals surface area contributed by atoms with Gasteiger partial charge < -0.3 is 11.1 Å². The minimum atomic E-state index is 0. The lowest BCUT2D eigenvalue weighted by atomic mass is 10.0. The Labute approximate surface area is 138 Å². The first-order valence-electron chi connectivity index (χ1n) is 8.12. The molecule has 5 heteroatoms. The van der Waals surface area contributed by atoms with Gasteiger partial charge in [-0.25, -0.2) is 0 Å². The first-order valence-corrected chi connectivity index (χ1v) is 8.12. The molecule has 1 amide bonds. The predicted octanol–water partition coefficient (Wildman–Crippen LogP) is 2.35. The number of hydrogen-bond donors (Lipinski definition) is 2. The van der Waals surface area contributed by atoms with Gasteiger partial charge in [-0.05, 0) is 61.9 Å². The lowest BCUT2D eigenvalue weighted by Gasteiger charge is -2.34. The Morgan fingerprint density at radius 3 is 2.86 bits per heavy atom. The lowest BCUT2D eigenvalue weighted by molar-refractivity contribution is -0.118. The molecule has 1 fully saturated rings. The molecule has 1 unspecified atom stereocenters. The van der Waals surface area contributed by atoms with E-state index in [-0.39, 0.29) is 18.3 Å². The fourth-order valence-corrected chi connectivity index (χ4v) is 3.57. The molecule has 3 N–H and O–H groups in total. The predicted molar refractivity (Wildman–Crippen MR) is 92.6 cm³/mol. The third kappa shape index (κ3) is 4.00. The molecule has 0 spiro atoms. The van der Waals surface area contributed by atoms with E-state index in [9.17, 15) is 4.79 Å². The van der Waals surface area contributed by atoms with Gasteiger partial charge in [0, 0.05) is 18.3 Å². The van der Waals surface area contributed by atoms with Crippen LogP contribution in [0.4, 0.5) is 5.69 Å². The monoisotopic (exact) mass is 323 g/mol. The van der Waals surface area contributed by atoms with Crippen LogP contribution in [0.2, 0.25) is 0 Å². The first kappa shape index (κ1) is 17.3. The molecule has 1 aromatic rings. The van der Waals surface area contributed by atoms with E-state index in [2.05, 4.69) is 22.3 Å². The van der Waals surface area contributed by atoms with E-state index in [4.69, 9.17) is 5.73 Å². The third-order valence-corrected chi connectivity index (χ3v) is 4.75. The molecule has 0 saturated carbocycles. The molecule has 0 aromatic heterocycles. The average Bonchev–Trinajstić information content (AvgIpc) is 2.95. The smallest absolute Gasteiger partial charge is 0.238 e. The minimum Gasteiger partial charge on any atom is -0.329 e. The number of fused-ring (bicyclic) bond motifs is 1. The van der Waals surface area contributed by atoms with Gasteiger partial charge in [-0.3, -0.25) is 9.69 Å². The summed E-state index contributed by atoms with van der Waals surface area (Å²) in [5, 5.41) is 3.04. The topological polar surface area (TPSA) is 58.4 Å². The van der Waals surface area contributed by atoms with Crippen molar-refractivity contribution in [3.05, 3.63) is 29.3 Å². The summed E-state index contributed by atoms with van der Waals surface area (Å²) in [4.78, 5) is 14.5. The van der Waals surface area contributed by atoms with Crippen LogP contribution in [0.25, 0.3) is 0 Å². The van der Waals surface area contributed by atoms with Crippen LogP contribution in [0.15, 0.2) is 18.2 Å². The van der Waals surface area contributed by atoms with Crippen LogP contribution in [0.3, 0.4) is 0 Å². The van der Waals surface area contributed by atoms with Crippen molar-refractivity contribution in [1.29, 1.82) is 0 Å². The van der Waals surface area contributed by atoms with Crippen LogP contribution < -0.4 is 11.1 Å². The van der Waals surface area contributed by atoms with Gasteiger partial charge in [0.2, 0.25) is 5.91 Å². The summed E-state index contributed by atoms with van der Waals surface area (Å²) in [6.07, 6.45) is 7.06. The van der Waals surface area contributed by atoms with Gasteiger partial charge in [-0.1, -0.05) is 12.5 Å². The second-order valence-corrected chi connectivity index (χ2v) is 6.24. The summed E-state index contributed by atoms with van der Waals surface area (Å²) in [6, 6.07) is 6.68. The fraction of sp³-hybridized carbons (Fsp3) is 0.588. The first-order chi connectivity index (χ1) is 10.3. The number of anilines is 1. The highest BCUT2D eigenvalue weighted by Gasteiger charge is 2.23. The van der Waals surface area contributed by atoms with Crippen molar-refractivity contribution in [2.45, 2.75) is 44.6 Å². The largest absolute Gasteiger partial charge is 0.329 e. The zero-order valence-electron chi connectivity index (χ0n) is 13.0. The van der Waals surface area contributed by atoms with Crippen LogP contribution in [0.5, 0.6) is 0 Å². The molecule has 2 aliphatic rings. The number of hydrogen-bond acceptors (Lipinski definition) is 3. The van der Waals surface area contributed by atoms with Gasteiger partial charge in [-0.15, -0.1) is 12.4 Å². The van der Waals surface area contributed by atoms with Crippen molar-refractivity contribution >= 4 is 24.0 Å². The highest BCUT2D eigenvalue weighted by molar-refractivity contribution is 5.92. The zero-order chi connectivity index (χ0) is 14.7. The average molecular weight is 324 g/mol. The third-order valence-electron chi connectivity index (χ3n) is 4.75. The van der Waals surface area contributed by atoms with Crippen molar-refractivity contribution in [2.24, 2.45) is 5.73 Å². The summed E-state index contributed by atoms with van der Waals surface area (Å²) >= 11 is 0. The van der Waals surface area contributed by atoms with Crippen molar-refractivity contribution in [1.82, 2.24) is 4.90 Å². The molecule has 1 saturated heterocycles. The Balaban J connectivity index is 0.00000176. The highest BCUT2D eigenvalue weighted by atomic mass is 35.5. The minimum absolute atomic E-state index is 0. The molecule has 1 atom stereocenters. The van der Waals surface area contributed by atoms with Crippen molar-refractivity contribution in [2.75, 3.05) is 25.0 Å². The van der Waals surface area contributed by atoms with E-state index in [1.54, 1.807) is 0 Å². The normalized spacial score (nSPS) is 21.0. The molecule has 122 valence electrons. The van der Waals surface area contributed by atoms with E-state index in [0.29, 0.717) is 19.1 Å². The van der Waals surface area contributed by atoms with Gasteiger partial charge in [0.05, 0.1) is 6.54 Å². The maximum atomic E-state index is 12.2. The van der Waals surface area contributed by atoms with Crippen LogP contribution in [0.1, 0.15) is 36.8 Å². The molecular weight excluding hydrogens is 298 g/mol. The lowest BCUT2D eigenvalue weighted by Crippen LogP contribution is -2.47. The van der Waals surface area contributed by atoms with Gasteiger partial charge in [0.15, 0.2) is 0 Å². The zero-order valence-corrected chi connectivity index (χ0v) is 13.8. The van der Waals surface area contributed by atoms with E-state index >= 15 is 0 Å².